The summed E-state index contributed by atoms with van der Waals surface area (Å²) in [4.78, 5) is 15.3. The first-order chi connectivity index (χ1) is 9.61. The molecule has 0 atom stereocenters. The summed E-state index contributed by atoms with van der Waals surface area (Å²) in [7, 11) is 0. The lowest BCUT2D eigenvalue weighted by molar-refractivity contribution is 0.0538. The Kier molecular flexibility index (Phi) is 4.32. The number of halogens is 1. The van der Waals surface area contributed by atoms with Gasteiger partial charge in [0.2, 0.25) is 0 Å². The van der Waals surface area contributed by atoms with E-state index in [0.717, 1.165) is 50.5 Å². The predicted molar refractivity (Wildman–Crippen MR) is 85.2 cm³/mol. The first-order valence-corrected chi connectivity index (χ1v) is 9.10. The predicted octanol–water partition coefficient (Wildman–Crippen LogP) is 3.45. The number of hydrogen-bond donors (Lipinski definition) is 0. The summed E-state index contributed by atoms with van der Waals surface area (Å²) in [5, 5.41) is 2.58. The number of ether oxygens (including phenoxy) is 1. The number of hydrogen-bond acceptors (Lipinski definition) is 4. The van der Waals surface area contributed by atoms with Gasteiger partial charge in [-0.2, -0.15) is 11.8 Å². The number of carbonyl (C=O) groups excluding carboxylic acids is 1. The van der Waals surface area contributed by atoms with Gasteiger partial charge in [-0.1, -0.05) is 11.6 Å². The van der Waals surface area contributed by atoms with Gasteiger partial charge in [0, 0.05) is 36.8 Å². The van der Waals surface area contributed by atoms with E-state index in [4.69, 9.17) is 16.3 Å². The molecule has 1 aromatic rings. The van der Waals surface area contributed by atoms with Gasteiger partial charge >= 0.3 is 0 Å². The van der Waals surface area contributed by atoms with E-state index in [-0.39, 0.29) is 10.7 Å². The molecule has 0 radical (unpaired) electrons. The summed E-state index contributed by atoms with van der Waals surface area (Å²) in [6, 6.07) is 0. The fourth-order valence-corrected chi connectivity index (χ4v) is 5.47. The van der Waals surface area contributed by atoms with Crippen molar-refractivity contribution < 1.29 is 9.53 Å². The lowest BCUT2D eigenvalue weighted by Crippen LogP contribution is -2.51. The fraction of sp³-hybridized carbons (Fsp3) is 0.643. The van der Waals surface area contributed by atoms with Crippen molar-refractivity contribution in [2.24, 2.45) is 0 Å². The third-order valence-corrected chi connectivity index (χ3v) is 7.25. The summed E-state index contributed by atoms with van der Waals surface area (Å²) in [6.07, 6.45) is 2.08. The van der Waals surface area contributed by atoms with Gasteiger partial charge in [0.15, 0.2) is 0 Å². The van der Waals surface area contributed by atoms with Crippen LogP contribution >= 0.6 is 34.7 Å². The van der Waals surface area contributed by atoms with E-state index in [1.54, 1.807) is 0 Å². The summed E-state index contributed by atoms with van der Waals surface area (Å²) in [6.45, 7) is 5.22. The van der Waals surface area contributed by atoms with Crippen molar-refractivity contribution in [3.8, 4) is 0 Å². The Bertz CT molecular complexity index is 506. The topological polar surface area (TPSA) is 29.5 Å². The molecule has 0 bridgehead atoms. The zero-order valence-electron chi connectivity index (χ0n) is 11.5. The monoisotopic (exact) mass is 331 g/mol. The Labute approximate surface area is 132 Å². The van der Waals surface area contributed by atoms with Crippen LogP contribution in [0.2, 0.25) is 5.02 Å². The number of thioether (sulfide) groups is 1. The van der Waals surface area contributed by atoms with Crippen LogP contribution < -0.4 is 0 Å². The molecule has 0 aromatic carbocycles. The van der Waals surface area contributed by atoms with Crippen LogP contribution in [0.5, 0.6) is 0 Å². The highest BCUT2D eigenvalue weighted by Crippen LogP contribution is 2.40. The Hall–Kier alpha value is -0.230. The molecule has 1 aromatic heterocycles. The van der Waals surface area contributed by atoms with Gasteiger partial charge in [0.1, 0.15) is 4.88 Å². The second kappa shape index (κ2) is 5.87. The molecule has 2 aliphatic heterocycles. The molecule has 3 rings (SSSR count). The summed E-state index contributed by atoms with van der Waals surface area (Å²) < 4.78 is 5.66. The molecular weight excluding hydrogens is 314 g/mol. The number of amides is 1. The molecule has 2 fully saturated rings. The molecule has 2 saturated heterocycles. The van der Waals surface area contributed by atoms with Crippen LogP contribution in [-0.4, -0.2) is 47.6 Å². The van der Waals surface area contributed by atoms with E-state index in [1.165, 1.54) is 11.3 Å². The van der Waals surface area contributed by atoms with Crippen molar-refractivity contribution in [1.82, 2.24) is 4.90 Å². The SMILES string of the molecule is Cc1csc(C(=O)N2CCSC3(CCOCC3)C2)c1Cl. The highest BCUT2D eigenvalue weighted by Gasteiger charge is 2.39. The molecule has 110 valence electrons. The molecular formula is C14H18ClNO2S2. The van der Waals surface area contributed by atoms with Crippen LogP contribution in [0.3, 0.4) is 0 Å². The van der Waals surface area contributed by atoms with E-state index in [9.17, 15) is 4.79 Å². The molecule has 0 saturated carbocycles. The van der Waals surface area contributed by atoms with Gasteiger partial charge in [0.05, 0.1) is 5.02 Å². The lowest BCUT2D eigenvalue weighted by atomic mass is 9.98. The van der Waals surface area contributed by atoms with E-state index in [1.807, 2.05) is 29.0 Å². The average molecular weight is 332 g/mol. The van der Waals surface area contributed by atoms with Crippen molar-refractivity contribution in [3.63, 3.8) is 0 Å². The second-order valence-electron chi connectivity index (χ2n) is 5.43. The number of aryl methyl sites for hydroxylation is 1. The zero-order valence-corrected chi connectivity index (χ0v) is 13.9. The molecule has 1 spiro atoms. The maximum atomic E-state index is 12.7. The molecule has 0 unspecified atom stereocenters. The molecule has 2 aliphatic rings. The van der Waals surface area contributed by atoms with Gasteiger partial charge < -0.3 is 9.64 Å². The third kappa shape index (κ3) is 2.73. The molecule has 6 heteroatoms. The Morgan fingerprint density at radius 2 is 2.20 bits per heavy atom. The third-order valence-electron chi connectivity index (χ3n) is 4.03. The maximum Gasteiger partial charge on any atom is 0.265 e. The molecule has 0 N–H and O–H groups in total. The number of rotatable bonds is 1. The maximum absolute atomic E-state index is 12.7. The van der Waals surface area contributed by atoms with E-state index >= 15 is 0 Å². The van der Waals surface area contributed by atoms with Crippen LogP contribution in [-0.2, 0) is 4.74 Å². The standard InChI is InChI=1S/C14H18ClNO2S2/c1-10-8-19-12(11(10)15)13(17)16-4-7-20-14(9-16)2-5-18-6-3-14/h8H,2-7,9H2,1H3. The summed E-state index contributed by atoms with van der Waals surface area (Å²) in [5.74, 6) is 1.10. The van der Waals surface area contributed by atoms with Crippen LogP contribution in [0.4, 0.5) is 0 Å². The zero-order chi connectivity index (χ0) is 14.2. The smallest absolute Gasteiger partial charge is 0.265 e. The van der Waals surface area contributed by atoms with Gasteiger partial charge in [-0.25, -0.2) is 0 Å². The van der Waals surface area contributed by atoms with Gasteiger partial charge in [0.25, 0.3) is 5.91 Å². The van der Waals surface area contributed by atoms with Crippen LogP contribution in [0.25, 0.3) is 0 Å². The first kappa shape index (κ1) is 14.7. The Morgan fingerprint density at radius 3 is 2.85 bits per heavy atom. The highest BCUT2D eigenvalue weighted by atomic mass is 35.5. The van der Waals surface area contributed by atoms with Gasteiger partial charge in [-0.05, 0) is 30.7 Å². The Balaban J connectivity index is 1.76. The molecule has 3 heterocycles. The van der Waals surface area contributed by atoms with E-state index in [2.05, 4.69) is 0 Å². The van der Waals surface area contributed by atoms with Gasteiger partial charge in [-0.3, -0.25) is 4.79 Å². The molecule has 20 heavy (non-hydrogen) atoms. The van der Waals surface area contributed by atoms with E-state index in [0.29, 0.717) is 9.90 Å². The molecule has 3 nitrogen and oxygen atoms in total. The van der Waals surface area contributed by atoms with Crippen molar-refractivity contribution >= 4 is 40.6 Å². The fourth-order valence-electron chi connectivity index (χ4n) is 2.78. The largest absolute Gasteiger partial charge is 0.381 e. The minimum atomic E-state index is 0.0965. The minimum Gasteiger partial charge on any atom is -0.381 e. The quantitative estimate of drug-likeness (QED) is 0.789. The highest BCUT2D eigenvalue weighted by molar-refractivity contribution is 8.00. The minimum absolute atomic E-state index is 0.0965. The lowest BCUT2D eigenvalue weighted by Gasteiger charge is -2.44. The van der Waals surface area contributed by atoms with E-state index < -0.39 is 0 Å². The van der Waals surface area contributed by atoms with Crippen molar-refractivity contribution in [1.29, 1.82) is 0 Å². The molecule has 1 amide bonds. The van der Waals surface area contributed by atoms with Crippen LogP contribution in [0.1, 0.15) is 28.1 Å². The average Bonchev–Trinajstić information content (AvgIpc) is 2.79. The van der Waals surface area contributed by atoms with Crippen molar-refractivity contribution in [2.45, 2.75) is 24.5 Å². The number of nitrogens with zero attached hydrogens (tertiary/aromatic N) is 1. The van der Waals surface area contributed by atoms with Crippen molar-refractivity contribution in [3.05, 3.63) is 20.8 Å². The second-order valence-corrected chi connectivity index (χ2v) is 8.25. The molecule has 0 aliphatic carbocycles. The number of thiophene rings is 1. The van der Waals surface area contributed by atoms with Crippen molar-refractivity contribution in [2.75, 3.05) is 32.1 Å². The van der Waals surface area contributed by atoms with Crippen LogP contribution in [0, 0.1) is 6.92 Å². The number of carbonyl (C=O) groups is 1. The Morgan fingerprint density at radius 1 is 1.45 bits per heavy atom. The van der Waals surface area contributed by atoms with Gasteiger partial charge in [-0.15, -0.1) is 11.3 Å². The van der Waals surface area contributed by atoms with Crippen LogP contribution in [0.15, 0.2) is 5.38 Å². The summed E-state index contributed by atoms with van der Waals surface area (Å²) in [5.41, 5.74) is 0.993. The first-order valence-electron chi connectivity index (χ1n) is 6.86. The summed E-state index contributed by atoms with van der Waals surface area (Å²) >= 11 is 9.70. The normalized spacial score (nSPS) is 22.2.